The van der Waals surface area contributed by atoms with Gasteiger partial charge in [-0.15, -0.1) is 0 Å². The summed E-state index contributed by atoms with van der Waals surface area (Å²) in [5, 5.41) is 4.13. The Labute approximate surface area is 159 Å². The predicted octanol–water partition coefficient (Wildman–Crippen LogP) is 5.09. The molecule has 5 rings (SSSR count). The fraction of sp³-hybridized carbons (Fsp3) is 0.650. The lowest BCUT2D eigenvalue weighted by atomic mass is 9.49. The highest BCUT2D eigenvalue weighted by molar-refractivity contribution is 6.35. The maximum atomic E-state index is 12.5. The van der Waals surface area contributed by atoms with Gasteiger partial charge in [-0.05, 0) is 86.8 Å². The van der Waals surface area contributed by atoms with Crippen LogP contribution in [0.1, 0.15) is 45.4 Å². The molecule has 4 saturated carbocycles. The van der Waals surface area contributed by atoms with Crippen LogP contribution in [-0.4, -0.2) is 18.6 Å². The van der Waals surface area contributed by atoms with Crippen LogP contribution in [0.3, 0.4) is 0 Å². The maximum absolute atomic E-state index is 12.5. The summed E-state index contributed by atoms with van der Waals surface area (Å²) in [6, 6.07) is 5.04. The van der Waals surface area contributed by atoms with Crippen molar-refractivity contribution in [3.05, 3.63) is 28.2 Å². The van der Waals surface area contributed by atoms with Gasteiger partial charge in [0.1, 0.15) is 5.75 Å². The average Bonchev–Trinajstić information content (AvgIpc) is 2.54. The van der Waals surface area contributed by atoms with E-state index in [1.165, 1.54) is 38.5 Å². The Morgan fingerprint density at radius 3 is 2.36 bits per heavy atom. The molecule has 0 aromatic heterocycles. The number of rotatable bonds is 5. The number of halogens is 2. The molecule has 0 unspecified atom stereocenters. The van der Waals surface area contributed by atoms with Crippen molar-refractivity contribution in [2.75, 3.05) is 6.54 Å². The van der Waals surface area contributed by atoms with Gasteiger partial charge in [-0.25, -0.2) is 0 Å². The summed E-state index contributed by atoms with van der Waals surface area (Å²) in [5.41, 5.74) is 0.335. The second-order valence-corrected chi connectivity index (χ2v) is 9.31. The number of carbonyl (C=O) groups is 1. The summed E-state index contributed by atoms with van der Waals surface area (Å²) in [5.74, 6) is 3.10. The van der Waals surface area contributed by atoms with Gasteiger partial charge >= 0.3 is 0 Å². The fourth-order valence-corrected chi connectivity index (χ4v) is 6.19. The number of amides is 1. The summed E-state index contributed by atoms with van der Waals surface area (Å²) in [4.78, 5) is 12.5. The largest absolute Gasteiger partial charge is 0.479 e. The first-order valence-corrected chi connectivity index (χ1v) is 10.1. The van der Waals surface area contributed by atoms with E-state index in [0.717, 1.165) is 24.3 Å². The Bertz CT molecular complexity index is 640. The van der Waals surface area contributed by atoms with Crippen LogP contribution >= 0.6 is 23.2 Å². The van der Waals surface area contributed by atoms with Gasteiger partial charge in [0.2, 0.25) is 0 Å². The van der Waals surface area contributed by atoms with Crippen LogP contribution in [0, 0.1) is 23.2 Å². The first-order valence-electron chi connectivity index (χ1n) is 9.32. The molecule has 3 nitrogen and oxygen atoms in total. The molecule has 4 aliphatic rings. The van der Waals surface area contributed by atoms with Crippen molar-refractivity contribution in [2.24, 2.45) is 23.2 Å². The minimum atomic E-state index is -0.576. The second-order valence-electron chi connectivity index (χ2n) is 8.47. The molecule has 0 spiro atoms. The van der Waals surface area contributed by atoms with Crippen molar-refractivity contribution in [3.63, 3.8) is 0 Å². The van der Waals surface area contributed by atoms with Crippen molar-refractivity contribution in [1.29, 1.82) is 0 Å². The number of ether oxygens (including phenoxy) is 1. The lowest BCUT2D eigenvalue weighted by Gasteiger charge is -2.56. The Morgan fingerprint density at radius 1 is 1.20 bits per heavy atom. The molecular weight excluding hydrogens is 357 g/mol. The molecule has 1 amide bonds. The highest BCUT2D eigenvalue weighted by atomic mass is 35.5. The predicted molar refractivity (Wildman–Crippen MR) is 100 cm³/mol. The molecule has 0 saturated heterocycles. The maximum Gasteiger partial charge on any atom is 0.260 e. The molecule has 0 aliphatic heterocycles. The highest BCUT2D eigenvalue weighted by Crippen LogP contribution is 2.59. The van der Waals surface area contributed by atoms with E-state index >= 15 is 0 Å². The Kier molecular flexibility index (Phi) is 4.66. The first-order chi connectivity index (χ1) is 11.9. The number of hydrogen-bond donors (Lipinski definition) is 1. The van der Waals surface area contributed by atoms with E-state index in [2.05, 4.69) is 5.32 Å². The highest BCUT2D eigenvalue weighted by Gasteiger charge is 2.50. The van der Waals surface area contributed by atoms with Crippen LogP contribution in [0.5, 0.6) is 5.75 Å². The van der Waals surface area contributed by atoms with E-state index < -0.39 is 6.10 Å². The summed E-state index contributed by atoms with van der Waals surface area (Å²) >= 11 is 12.0. The summed E-state index contributed by atoms with van der Waals surface area (Å²) in [6.07, 6.45) is 7.55. The minimum absolute atomic E-state index is 0.0678. The summed E-state index contributed by atoms with van der Waals surface area (Å²) in [7, 11) is 0. The van der Waals surface area contributed by atoms with E-state index in [1.54, 1.807) is 25.1 Å². The van der Waals surface area contributed by atoms with Gasteiger partial charge in [-0.1, -0.05) is 23.2 Å². The van der Waals surface area contributed by atoms with Crippen molar-refractivity contribution in [2.45, 2.75) is 51.6 Å². The van der Waals surface area contributed by atoms with Crippen LogP contribution in [-0.2, 0) is 4.79 Å². The quantitative estimate of drug-likeness (QED) is 0.770. The lowest BCUT2D eigenvalue weighted by molar-refractivity contribution is -0.129. The first kappa shape index (κ1) is 17.5. The molecule has 1 aromatic rings. The molecule has 1 N–H and O–H groups in total. The van der Waals surface area contributed by atoms with Crippen LogP contribution in [0.4, 0.5) is 0 Å². The lowest BCUT2D eigenvalue weighted by Crippen LogP contribution is -2.52. The Hall–Kier alpha value is -0.930. The smallest absolute Gasteiger partial charge is 0.260 e. The Balaban J connectivity index is 1.34. The standard InChI is InChI=1S/C20H25Cl2NO2/c1-12(25-18-3-2-16(21)7-17(18)22)19(24)23-11-20-8-13-4-14(9-20)6-15(5-13)10-20/h2-3,7,12-15H,4-6,8-11H2,1H3,(H,23,24)/t12-,13?,14?,15?,20?/m0/s1. The number of hydrogen-bond acceptors (Lipinski definition) is 2. The van der Waals surface area contributed by atoms with E-state index in [-0.39, 0.29) is 5.91 Å². The summed E-state index contributed by atoms with van der Waals surface area (Å²) in [6.45, 7) is 2.55. The van der Waals surface area contributed by atoms with Gasteiger partial charge < -0.3 is 10.1 Å². The number of benzene rings is 1. The fourth-order valence-electron chi connectivity index (χ4n) is 5.74. The van der Waals surface area contributed by atoms with Gasteiger partial charge in [0.05, 0.1) is 5.02 Å². The Morgan fingerprint density at radius 2 is 1.80 bits per heavy atom. The van der Waals surface area contributed by atoms with Crippen molar-refractivity contribution >= 4 is 29.1 Å². The molecule has 4 fully saturated rings. The molecule has 0 heterocycles. The molecule has 136 valence electrons. The van der Waals surface area contributed by atoms with Crippen molar-refractivity contribution in [1.82, 2.24) is 5.32 Å². The van der Waals surface area contributed by atoms with Gasteiger partial charge in [0.25, 0.3) is 5.91 Å². The molecule has 0 radical (unpaired) electrons. The van der Waals surface area contributed by atoms with Crippen LogP contribution in [0.2, 0.25) is 10.0 Å². The molecule has 5 heteroatoms. The van der Waals surface area contributed by atoms with Crippen LogP contribution < -0.4 is 10.1 Å². The zero-order valence-corrected chi connectivity index (χ0v) is 16.1. The third kappa shape index (κ3) is 3.64. The van der Waals surface area contributed by atoms with Crippen LogP contribution in [0.25, 0.3) is 0 Å². The molecule has 4 bridgehead atoms. The zero-order valence-electron chi connectivity index (χ0n) is 14.6. The molecular formula is C20H25Cl2NO2. The van der Waals surface area contributed by atoms with Crippen molar-refractivity contribution < 1.29 is 9.53 Å². The second kappa shape index (κ2) is 6.66. The number of nitrogens with one attached hydrogen (secondary N) is 1. The van der Waals surface area contributed by atoms with Gasteiger partial charge in [0, 0.05) is 11.6 Å². The average molecular weight is 382 g/mol. The van der Waals surface area contributed by atoms with E-state index in [0.29, 0.717) is 21.2 Å². The van der Waals surface area contributed by atoms with E-state index in [4.69, 9.17) is 27.9 Å². The third-order valence-corrected chi connectivity index (χ3v) is 6.90. The SMILES string of the molecule is C[C@H](Oc1ccc(Cl)cc1Cl)C(=O)NCC12CC3CC(CC(C3)C1)C2. The normalized spacial score (nSPS) is 34.0. The van der Waals surface area contributed by atoms with E-state index in [9.17, 15) is 4.79 Å². The molecule has 4 aliphatic carbocycles. The van der Waals surface area contributed by atoms with Gasteiger partial charge in [-0.3, -0.25) is 4.79 Å². The van der Waals surface area contributed by atoms with Gasteiger partial charge in [0.15, 0.2) is 6.10 Å². The molecule has 25 heavy (non-hydrogen) atoms. The monoisotopic (exact) mass is 381 g/mol. The van der Waals surface area contributed by atoms with Gasteiger partial charge in [-0.2, -0.15) is 0 Å². The van der Waals surface area contributed by atoms with E-state index in [1.807, 2.05) is 0 Å². The topological polar surface area (TPSA) is 38.3 Å². The minimum Gasteiger partial charge on any atom is -0.479 e. The zero-order chi connectivity index (χ0) is 17.6. The number of carbonyl (C=O) groups excluding carboxylic acids is 1. The van der Waals surface area contributed by atoms with Crippen LogP contribution in [0.15, 0.2) is 18.2 Å². The molecule has 1 atom stereocenters. The summed E-state index contributed by atoms with van der Waals surface area (Å²) < 4.78 is 5.73. The van der Waals surface area contributed by atoms with Crippen molar-refractivity contribution in [3.8, 4) is 5.75 Å². The molecule has 1 aromatic carbocycles. The third-order valence-electron chi connectivity index (χ3n) is 6.37.